The van der Waals surface area contributed by atoms with Crippen LogP contribution in [0.1, 0.15) is 13.3 Å². The molecule has 0 bridgehead atoms. The largest absolute Gasteiger partial charge is 0.379 e. The first kappa shape index (κ1) is 14.1. The van der Waals surface area contributed by atoms with Gasteiger partial charge in [-0.25, -0.2) is 0 Å². The highest BCUT2D eigenvalue weighted by Gasteiger charge is 2.23. The van der Waals surface area contributed by atoms with Crippen LogP contribution in [-0.2, 0) is 0 Å². The first-order valence-corrected chi connectivity index (χ1v) is 6.88. The molecule has 0 radical (unpaired) electrons. The van der Waals surface area contributed by atoms with Crippen LogP contribution in [0, 0.1) is 16.0 Å². The Hall–Kier alpha value is -1.33. The van der Waals surface area contributed by atoms with Gasteiger partial charge in [-0.2, -0.15) is 0 Å². The molecule has 5 nitrogen and oxygen atoms in total. The molecule has 1 aromatic carbocycles. The number of nitrogens with one attached hydrogen (secondary N) is 1. The summed E-state index contributed by atoms with van der Waals surface area (Å²) in [5.74, 6) is 0.540. The van der Waals surface area contributed by atoms with Crippen LogP contribution in [0.5, 0.6) is 0 Å². The fraction of sp³-hybridized carbons (Fsp3) is 0.538. The van der Waals surface area contributed by atoms with E-state index in [2.05, 4.69) is 17.1 Å². The van der Waals surface area contributed by atoms with Gasteiger partial charge < -0.3 is 10.2 Å². The van der Waals surface area contributed by atoms with Gasteiger partial charge in [0.05, 0.1) is 4.92 Å². The lowest BCUT2D eigenvalue weighted by Gasteiger charge is -2.14. The number of nitro groups is 1. The molecule has 1 fully saturated rings. The van der Waals surface area contributed by atoms with E-state index < -0.39 is 4.92 Å². The molecule has 0 amide bonds. The number of nitrogens with zero attached hydrogens (tertiary/aromatic N) is 2. The van der Waals surface area contributed by atoms with Gasteiger partial charge in [-0.3, -0.25) is 10.1 Å². The molecule has 19 heavy (non-hydrogen) atoms. The van der Waals surface area contributed by atoms with Gasteiger partial charge in [0.2, 0.25) is 0 Å². The van der Waals surface area contributed by atoms with E-state index in [4.69, 9.17) is 11.6 Å². The van der Waals surface area contributed by atoms with Gasteiger partial charge in [-0.1, -0.05) is 24.6 Å². The maximum absolute atomic E-state index is 11.0. The molecule has 1 aliphatic heterocycles. The second-order valence-corrected chi connectivity index (χ2v) is 5.23. The Morgan fingerprint density at radius 3 is 3.00 bits per heavy atom. The van der Waals surface area contributed by atoms with Crippen LogP contribution < -0.4 is 5.32 Å². The number of hydrogen-bond donors (Lipinski definition) is 1. The highest BCUT2D eigenvalue weighted by atomic mass is 35.5. The molecular weight excluding hydrogens is 266 g/mol. The van der Waals surface area contributed by atoms with Gasteiger partial charge in [0, 0.05) is 13.1 Å². The molecule has 104 valence electrons. The van der Waals surface area contributed by atoms with Gasteiger partial charge in [0.15, 0.2) is 0 Å². The third kappa shape index (κ3) is 3.36. The molecule has 1 atom stereocenters. The van der Waals surface area contributed by atoms with Gasteiger partial charge in [-0.15, -0.1) is 0 Å². The number of benzene rings is 1. The Labute approximate surface area is 117 Å². The van der Waals surface area contributed by atoms with Crippen LogP contribution in [0.4, 0.5) is 11.4 Å². The Bertz CT molecular complexity index is 467. The topological polar surface area (TPSA) is 58.4 Å². The molecule has 0 aromatic heterocycles. The monoisotopic (exact) mass is 283 g/mol. The van der Waals surface area contributed by atoms with Crippen LogP contribution >= 0.6 is 11.6 Å². The maximum Gasteiger partial charge on any atom is 0.310 e. The number of para-hydroxylation sites is 1. The smallest absolute Gasteiger partial charge is 0.310 e. The van der Waals surface area contributed by atoms with Crippen molar-refractivity contribution < 1.29 is 4.92 Å². The van der Waals surface area contributed by atoms with Crippen molar-refractivity contribution in [1.82, 2.24) is 4.90 Å². The van der Waals surface area contributed by atoms with E-state index in [1.54, 1.807) is 18.2 Å². The average molecular weight is 284 g/mol. The van der Waals surface area contributed by atoms with E-state index in [-0.39, 0.29) is 10.7 Å². The molecule has 1 unspecified atom stereocenters. The minimum atomic E-state index is -0.433. The van der Waals surface area contributed by atoms with E-state index in [0.29, 0.717) is 11.6 Å². The Morgan fingerprint density at radius 1 is 1.58 bits per heavy atom. The zero-order chi connectivity index (χ0) is 13.8. The summed E-state index contributed by atoms with van der Waals surface area (Å²) in [4.78, 5) is 13.0. The summed E-state index contributed by atoms with van der Waals surface area (Å²) in [6.45, 7) is 6.13. The van der Waals surface area contributed by atoms with E-state index in [1.807, 2.05) is 0 Å². The van der Waals surface area contributed by atoms with E-state index in [0.717, 1.165) is 32.6 Å². The second-order valence-electron chi connectivity index (χ2n) is 4.82. The summed E-state index contributed by atoms with van der Waals surface area (Å²) in [6, 6.07) is 4.97. The summed E-state index contributed by atoms with van der Waals surface area (Å²) in [5.41, 5.74) is 0.474. The predicted molar refractivity (Wildman–Crippen MR) is 76.8 cm³/mol. The number of nitro benzene ring substituents is 1. The fourth-order valence-electron chi connectivity index (χ4n) is 2.46. The molecule has 6 heteroatoms. The lowest BCUT2D eigenvalue weighted by Crippen LogP contribution is -2.22. The van der Waals surface area contributed by atoms with Crippen molar-refractivity contribution in [3.05, 3.63) is 33.3 Å². The standard InChI is InChI=1S/C13H18ClN3O2/c1-2-16-7-6-10(9-16)8-15-12-5-3-4-11(14)13(12)17(18)19/h3-5,10,15H,2,6-9H2,1H3. The van der Waals surface area contributed by atoms with Crippen LogP contribution in [0.2, 0.25) is 5.02 Å². The molecule has 0 saturated carbocycles. The summed E-state index contributed by atoms with van der Waals surface area (Å²) in [6.07, 6.45) is 1.13. The Morgan fingerprint density at radius 2 is 2.37 bits per heavy atom. The first-order valence-electron chi connectivity index (χ1n) is 6.51. The zero-order valence-corrected chi connectivity index (χ0v) is 11.7. The average Bonchev–Trinajstić information content (AvgIpc) is 2.83. The minimum Gasteiger partial charge on any atom is -0.379 e. The lowest BCUT2D eigenvalue weighted by atomic mass is 10.1. The Balaban J connectivity index is 2.00. The number of rotatable bonds is 5. The van der Waals surface area contributed by atoms with Crippen molar-refractivity contribution >= 4 is 23.0 Å². The first-order chi connectivity index (χ1) is 9.11. The molecule has 2 rings (SSSR count). The molecule has 0 spiro atoms. The fourth-order valence-corrected chi connectivity index (χ4v) is 2.71. The molecule has 1 heterocycles. The van der Waals surface area contributed by atoms with Gasteiger partial charge in [-0.05, 0) is 37.6 Å². The van der Waals surface area contributed by atoms with Crippen molar-refractivity contribution in [3.63, 3.8) is 0 Å². The van der Waals surface area contributed by atoms with Crippen molar-refractivity contribution in [2.45, 2.75) is 13.3 Å². The highest BCUT2D eigenvalue weighted by Crippen LogP contribution is 2.32. The number of likely N-dealkylation sites (tertiary alicyclic amines) is 1. The molecule has 1 aliphatic rings. The number of halogens is 1. The normalized spacial score (nSPS) is 19.6. The molecule has 1 N–H and O–H groups in total. The van der Waals surface area contributed by atoms with Crippen LogP contribution in [0.3, 0.4) is 0 Å². The van der Waals surface area contributed by atoms with Crippen molar-refractivity contribution in [2.24, 2.45) is 5.92 Å². The van der Waals surface area contributed by atoms with Gasteiger partial charge >= 0.3 is 5.69 Å². The number of hydrogen-bond acceptors (Lipinski definition) is 4. The predicted octanol–water partition coefficient (Wildman–Crippen LogP) is 3.00. The highest BCUT2D eigenvalue weighted by molar-refractivity contribution is 6.33. The third-order valence-corrected chi connectivity index (χ3v) is 3.87. The third-order valence-electron chi connectivity index (χ3n) is 3.57. The van der Waals surface area contributed by atoms with E-state index in [9.17, 15) is 10.1 Å². The van der Waals surface area contributed by atoms with E-state index in [1.165, 1.54) is 0 Å². The van der Waals surface area contributed by atoms with E-state index >= 15 is 0 Å². The lowest BCUT2D eigenvalue weighted by molar-refractivity contribution is -0.383. The van der Waals surface area contributed by atoms with Gasteiger partial charge in [0.1, 0.15) is 10.7 Å². The van der Waals surface area contributed by atoms with Crippen molar-refractivity contribution in [3.8, 4) is 0 Å². The van der Waals surface area contributed by atoms with Crippen LogP contribution in [0.25, 0.3) is 0 Å². The molecule has 1 aromatic rings. The van der Waals surface area contributed by atoms with Crippen LogP contribution in [0.15, 0.2) is 18.2 Å². The molecular formula is C13H18ClN3O2. The quantitative estimate of drug-likeness (QED) is 0.667. The molecule has 0 aliphatic carbocycles. The summed E-state index contributed by atoms with van der Waals surface area (Å²) in [5, 5.41) is 14.4. The second kappa shape index (κ2) is 6.21. The SMILES string of the molecule is CCN1CCC(CNc2cccc(Cl)c2[N+](=O)[O-])C1. The van der Waals surface area contributed by atoms with Crippen molar-refractivity contribution in [1.29, 1.82) is 0 Å². The maximum atomic E-state index is 11.0. The van der Waals surface area contributed by atoms with Gasteiger partial charge in [0.25, 0.3) is 0 Å². The van der Waals surface area contributed by atoms with Crippen LogP contribution in [-0.4, -0.2) is 36.0 Å². The zero-order valence-electron chi connectivity index (χ0n) is 10.9. The Kier molecular flexibility index (Phi) is 4.61. The van der Waals surface area contributed by atoms with Crippen molar-refractivity contribution in [2.75, 3.05) is 31.5 Å². The summed E-state index contributed by atoms with van der Waals surface area (Å²) in [7, 11) is 0. The summed E-state index contributed by atoms with van der Waals surface area (Å²) < 4.78 is 0. The summed E-state index contributed by atoms with van der Waals surface area (Å²) >= 11 is 5.88. The number of anilines is 1. The molecule has 1 saturated heterocycles. The minimum absolute atomic E-state index is 0.0329.